The van der Waals surface area contributed by atoms with Gasteiger partial charge in [-0.15, -0.1) is 0 Å². The van der Waals surface area contributed by atoms with Crippen LogP contribution in [0.1, 0.15) is 22.3 Å². The van der Waals surface area contributed by atoms with Gasteiger partial charge in [0, 0.05) is 0 Å². The van der Waals surface area contributed by atoms with Crippen LogP contribution >= 0.6 is 0 Å². The van der Waals surface area contributed by atoms with Gasteiger partial charge in [0.1, 0.15) is 0 Å². The van der Waals surface area contributed by atoms with Crippen molar-refractivity contribution in [3.63, 3.8) is 0 Å². The van der Waals surface area contributed by atoms with Gasteiger partial charge >= 0.3 is 0 Å². The highest BCUT2D eigenvalue weighted by atomic mass is 14.1. The summed E-state index contributed by atoms with van der Waals surface area (Å²) in [5.41, 5.74) is 5.25. The summed E-state index contributed by atoms with van der Waals surface area (Å²) in [6, 6.07) is 26.0. The third kappa shape index (κ3) is 2.51. The van der Waals surface area contributed by atoms with Crippen molar-refractivity contribution in [3.05, 3.63) is 95.1 Å². The Bertz CT molecular complexity index is 1060. The van der Waals surface area contributed by atoms with Crippen molar-refractivity contribution < 1.29 is 0 Å². The Morgan fingerprint density at radius 1 is 0.583 bits per heavy atom. The van der Waals surface area contributed by atoms with Gasteiger partial charge in [0.05, 0.1) is 0 Å². The van der Waals surface area contributed by atoms with E-state index < -0.39 is 0 Å². The normalized spacial score (nSPS) is 11.6. The highest BCUT2D eigenvalue weighted by Gasteiger charge is 2.04. The maximum absolute atomic E-state index is 2.29. The molecule has 0 radical (unpaired) electrons. The van der Waals surface area contributed by atoms with E-state index in [2.05, 4.69) is 98.8 Å². The van der Waals surface area contributed by atoms with Crippen LogP contribution in [0.4, 0.5) is 0 Å². The van der Waals surface area contributed by atoms with Crippen LogP contribution in [0, 0.1) is 13.8 Å². The number of fused-ring (bicyclic) bond motifs is 2. The second-order valence-corrected chi connectivity index (χ2v) is 6.35. The third-order valence-corrected chi connectivity index (χ3v) is 4.87. The van der Waals surface area contributed by atoms with Crippen LogP contribution in [-0.2, 0) is 0 Å². The molecular formula is C24H20. The second kappa shape index (κ2) is 5.98. The molecule has 0 fully saturated rings. The number of benzene rings is 4. The van der Waals surface area contributed by atoms with Gasteiger partial charge in [-0.3, -0.25) is 0 Å². The van der Waals surface area contributed by atoms with E-state index in [1.807, 2.05) is 0 Å². The van der Waals surface area contributed by atoms with Gasteiger partial charge in [-0.25, -0.2) is 0 Å². The first-order valence-electron chi connectivity index (χ1n) is 8.39. The van der Waals surface area contributed by atoms with Gasteiger partial charge in [-0.05, 0) is 57.6 Å². The van der Waals surface area contributed by atoms with Gasteiger partial charge in [-0.1, -0.05) is 84.9 Å². The van der Waals surface area contributed by atoms with Gasteiger partial charge in [0.2, 0.25) is 0 Å². The number of aryl methyl sites for hydroxylation is 2. The fraction of sp³-hybridized carbons (Fsp3) is 0.0833. The lowest BCUT2D eigenvalue weighted by molar-refractivity contribution is 1.37. The Labute approximate surface area is 143 Å². The maximum atomic E-state index is 2.29. The predicted octanol–water partition coefficient (Wildman–Crippen LogP) is 6.78. The average Bonchev–Trinajstić information content (AvgIpc) is 2.63. The highest BCUT2D eigenvalue weighted by molar-refractivity contribution is 5.98. The number of hydrogen-bond acceptors (Lipinski definition) is 0. The van der Waals surface area contributed by atoms with Gasteiger partial charge in [-0.2, -0.15) is 0 Å². The smallest absolute Gasteiger partial charge is 0.0109 e. The molecule has 0 nitrogen and oxygen atoms in total. The molecule has 0 saturated carbocycles. The summed E-state index contributed by atoms with van der Waals surface area (Å²) < 4.78 is 0. The van der Waals surface area contributed by atoms with Crippen LogP contribution in [0.25, 0.3) is 33.7 Å². The fourth-order valence-corrected chi connectivity index (χ4v) is 3.41. The molecule has 116 valence electrons. The van der Waals surface area contributed by atoms with E-state index in [4.69, 9.17) is 0 Å². The second-order valence-electron chi connectivity index (χ2n) is 6.35. The molecule has 0 unspecified atom stereocenters. The molecule has 0 atom stereocenters. The Morgan fingerprint density at radius 3 is 2.04 bits per heavy atom. The molecule has 0 amide bonds. The SMILES string of the molecule is Cc1cc(C=Cc2cccc3ccccc23)c2ccccc2c1C. The van der Waals surface area contributed by atoms with Crippen molar-refractivity contribution in [2.45, 2.75) is 13.8 Å². The van der Waals surface area contributed by atoms with E-state index in [-0.39, 0.29) is 0 Å². The zero-order chi connectivity index (χ0) is 16.5. The van der Waals surface area contributed by atoms with Crippen LogP contribution < -0.4 is 0 Å². The summed E-state index contributed by atoms with van der Waals surface area (Å²) in [5, 5.41) is 5.24. The molecule has 0 saturated heterocycles. The lowest BCUT2D eigenvalue weighted by Crippen LogP contribution is -1.87. The van der Waals surface area contributed by atoms with E-state index in [1.54, 1.807) is 0 Å². The maximum Gasteiger partial charge on any atom is -0.0109 e. The summed E-state index contributed by atoms with van der Waals surface area (Å²) in [6.45, 7) is 4.40. The average molecular weight is 308 g/mol. The van der Waals surface area contributed by atoms with Crippen molar-refractivity contribution in [2.24, 2.45) is 0 Å². The molecule has 0 spiro atoms. The van der Waals surface area contributed by atoms with Crippen molar-refractivity contribution in [3.8, 4) is 0 Å². The number of rotatable bonds is 2. The van der Waals surface area contributed by atoms with Gasteiger partial charge in [0.15, 0.2) is 0 Å². The van der Waals surface area contributed by atoms with Crippen LogP contribution in [0.3, 0.4) is 0 Å². The van der Waals surface area contributed by atoms with Crippen LogP contribution in [-0.4, -0.2) is 0 Å². The molecule has 0 N–H and O–H groups in total. The summed E-state index contributed by atoms with van der Waals surface area (Å²) >= 11 is 0. The van der Waals surface area contributed by atoms with Gasteiger partial charge in [0.25, 0.3) is 0 Å². The first-order chi connectivity index (χ1) is 11.7. The quantitative estimate of drug-likeness (QED) is 0.358. The number of hydrogen-bond donors (Lipinski definition) is 0. The molecule has 0 aliphatic carbocycles. The van der Waals surface area contributed by atoms with Crippen LogP contribution in [0.15, 0.2) is 72.8 Å². The minimum atomic E-state index is 1.26. The third-order valence-electron chi connectivity index (χ3n) is 4.87. The zero-order valence-electron chi connectivity index (χ0n) is 14.1. The first kappa shape index (κ1) is 14.7. The van der Waals surface area contributed by atoms with E-state index in [0.29, 0.717) is 0 Å². The molecule has 4 aromatic rings. The van der Waals surface area contributed by atoms with Crippen molar-refractivity contribution in [1.82, 2.24) is 0 Å². The first-order valence-corrected chi connectivity index (χ1v) is 8.39. The standard InChI is InChI=1S/C24H20/c1-17-16-21(24-13-6-5-11-22(24)18(17)2)15-14-20-10-7-9-19-8-3-4-12-23(19)20/h3-16H,1-2H3. The lowest BCUT2D eigenvalue weighted by atomic mass is 9.95. The Kier molecular flexibility index (Phi) is 3.66. The van der Waals surface area contributed by atoms with Crippen molar-refractivity contribution in [2.75, 3.05) is 0 Å². The molecule has 0 aliphatic rings. The Hall–Kier alpha value is -2.86. The highest BCUT2D eigenvalue weighted by Crippen LogP contribution is 2.28. The summed E-state index contributed by atoms with van der Waals surface area (Å²) in [4.78, 5) is 0. The molecule has 0 aromatic heterocycles. The zero-order valence-corrected chi connectivity index (χ0v) is 14.1. The van der Waals surface area contributed by atoms with Gasteiger partial charge < -0.3 is 0 Å². The van der Waals surface area contributed by atoms with Crippen molar-refractivity contribution in [1.29, 1.82) is 0 Å². The fourth-order valence-electron chi connectivity index (χ4n) is 3.41. The monoisotopic (exact) mass is 308 g/mol. The van der Waals surface area contributed by atoms with Crippen LogP contribution in [0.2, 0.25) is 0 Å². The van der Waals surface area contributed by atoms with E-state index in [9.17, 15) is 0 Å². The van der Waals surface area contributed by atoms with E-state index in [1.165, 1.54) is 43.8 Å². The molecular weight excluding hydrogens is 288 g/mol. The minimum absolute atomic E-state index is 1.26. The molecule has 0 aliphatic heterocycles. The topological polar surface area (TPSA) is 0 Å². The summed E-state index contributed by atoms with van der Waals surface area (Å²) in [7, 11) is 0. The Morgan fingerprint density at radius 2 is 1.21 bits per heavy atom. The largest absolute Gasteiger partial charge is 0.0616 e. The summed E-state index contributed by atoms with van der Waals surface area (Å²) in [6.07, 6.45) is 4.48. The predicted molar refractivity (Wildman–Crippen MR) is 106 cm³/mol. The molecule has 0 heteroatoms. The molecule has 4 rings (SSSR count). The molecule has 4 aromatic carbocycles. The minimum Gasteiger partial charge on any atom is -0.0616 e. The van der Waals surface area contributed by atoms with Crippen LogP contribution in [0.5, 0.6) is 0 Å². The summed E-state index contributed by atoms with van der Waals surface area (Å²) in [5.74, 6) is 0. The Balaban J connectivity index is 1.87. The molecule has 0 heterocycles. The lowest BCUT2D eigenvalue weighted by Gasteiger charge is -2.09. The van der Waals surface area contributed by atoms with E-state index in [0.717, 1.165) is 0 Å². The van der Waals surface area contributed by atoms with Crippen molar-refractivity contribution >= 4 is 33.7 Å². The molecule has 0 bridgehead atoms. The molecule has 24 heavy (non-hydrogen) atoms. The van der Waals surface area contributed by atoms with E-state index >= 15 is 0 Å².